The third kappa shape index (κ3) is 2.88. The number of para-hydroxylation sites is 2. The minimum absolute atomic E-state index is 0.574. The first-order valence-electron chi connectivity index (χ1n) is 7.30. The molecule has 0 fully saturated rings. The van der Waals surface area contributed by atoms with Crippen LogP contribution in [-0.2, 0) is 6.42 Å². The summed E-state index contributed by atoms with van der Waals surface area (Å²) < 4.78 is 5.99. The highest BCUT2D eigenvalue weighted by molar-refractivity contribution is 6.42. The Hall–Kier alpha value is -2.16. The van der Waals surface area contributed by atoms with E-state index in [-0.39, 0.29) is 0 Å². The molecule has 0 unspecified atom stereocenters. The number of anilines is 2. The fourth-order valence-electron chi connectivity index (χ4n) is 2.67. The number of benzene rings is 3. The second kappa shape index (κ2) is 5.80. The van der Waals surface area contributed by atoms with E-state index in [4.69, 9.17) is 27.9 Å². The summed E-state index contributed by atoms with van der Waals surface area (Å²) in [5, 5.41) is 4.54. The lowest BCUT2D eigenvalue weighted by Gasteiger charge is -2.22. The molecule has 114 valence electrons. The average molecular weight is 342 g/mol. The van der Waals surface area contributed by atoms with Gasteiger partial charge in [0.1, 0.15) is 0 Å². The zero-order chi connectivity index (χ0) is 15.8. The molecule has 0 saturated carbocycles. The van der Waals surface area contributed by atoms with E-state index in [2.05, 4.69) is 17.4 Å². The van der Waals surface area contributed by atoms with Crippen LogP contribution in [0.3, 0.4) is 0 Å². The first-order valence-corrected chi connectivity index (χ1v) is 8.05. The fraction of sp³-hybridized carbons (Fsp3) is 0.0526. The summed E-state index contributed by atoms with van der Waals surface area (Å²) in [6.45, 7) is 0. The van der Waals surface area contributed by atoms with E-state index in [0.717, 1.165) is 40.4 Å². The van der Waals surface area contributed by atoms with Crippen LogP contribution in [0.1, 0.15) is 11.1 Å². The Morgan fingerprint density at radius 2 is 1.48 bits per heavy atom. The van der Waals surface area contributed by atoms with Gasteiger partial charge in [0.05, 0.1) is 21.4 Å². The number of ether oxygens (including phenoxy) is 1. The van der Waals surface area contributed by atoms with Gasteiger partial charge in [-0.15, -0.1) is 0 Å². The van der Waals surface area contributed by atoms with Crippen molar-refractivity contribution in [2.45, 2.75) is 6.42 Å². The lowest BCUT2D eigenvalue weighted by atomic mass is 10.0. The second-order valence-corrected chi connectivity index (χ2v) is 6.29. The van der Waals surface area contributed by atoms with Crippen molar-refractivity contribution in [1.29, 1.82) is 0 Å². The topological polar surface area (TPSA) is 21.3 Å². The Kier molecular flexibility index (Phi) is 3.64. The largest absolute Gasteiger partial charge is 0.453 e. The lowest BCUT2D eigenvalue weighted by Crippen LogP contribution is -2.03. The summed E-state index contributed by atoms with van der Waals surface area (Å²) in [5.74, 6) is 1.67. The number of fused-ring (bicyclic) bond motifs is 2. The molecule has 3 aromatic carbocycles. The molecule has 0 spiro atoms. The van der Waals surface area contributed by atoms with Crippen molar-refractivity contribution in [3.05, 3.63) is 81.8 Å². The highest BCUT2D eigenvalue weighted by atomic mass is 35.5. The van der Waals surface area contributed by atoms with Gasteiger partial charge in [-0.1, -0.05) is 47.5 Å². The molecule has 4 heteroatoms. The normalized spacial score (nSPS) is 11.9. The van der Waals surface area contributed by atoms with Gasteiger partial charge in [0.2, 0.25) is 0 Å². The molecule has 0 saturated heterocycles. The van der Waals surface area contributed by atoms with E-state index in [0.29, 0.717) is 10.0 Å². The SMILES string of the molecule is Clc1ccc(Cc2ccc3c(c2)Oc2ccccc2N3)cc1Cl. The zero-order valence-corrected chi connectivity index (χ0v) is 13.7. The summed E-state index contributed by atoms with van der Waals surface area (Å²) in [6.07, 6.45) is 0.773. The van der Waals surface area contributed by atoms with Crippen LogP contribution in [0.2, 0.25) is 10.0 Å². The molecule has 23 heavy (non-hydrogen) atoms. The molecular formula is C19H13Cl2NO. The van der Waals surface area contributed by atoms with Gasteiger partial charge in [0.15, 0.2) is 11.5 Å². The van der Waals surface area contributed by atoms with Crippen LogP contribution in [0.4, 0.5) is 11.4 Å². The zero-order valence-electron chi connectivity index (χ0n) is 12.1. The first kappa shape index (κ1) is 14.4. The van der Waals surface area contributed by atoms with Gasteiger partial charge in [-0.3, -0.25) is 0 Å². The van der Waals surface area contributed by atoms with Crippen molar-refractivity contribution < 1.29 is 4.74 Å². The molecule has 1 heterocycles. The van der Waals surface area contributed by atoms with Crippen molar-refractivity contribution in [2.75, 3.05) is 5.32 Å². The standard InChI is InChI=1S/C19H13Cl2NO/c20-14-7-5-12(10-15(14)21)9-13-6-8-17-19(11-13)23-18-4-2-1-3-16(18)22-17/h1-8,10-11,22H,9H2. The molecule has 0 aliphatic carbocycles. The number of hydrogen-bond acceptors (Lipinski definition) is 2. The van der Waals surface area contributed by atoms with Crippen molar-refractivity contribution in [2.24, 2.45) is 0 Å². The number of hydrogen-bond donors (Lipinski definition) is 1. The average Bonchev–Trinajstić information content (AvgIpc) is 2.56. The molecule has 0 aromatic heterocycles. The number of nitrogens with one attached hydrogen (secondary N) is 1. The van der Waals surface area contributed by atoms with E-state index in [1.165, 1.54) is 0 Å². The molecule has 0 bridgehead atoms. The van der Waals surface area contributed by atoms with Crippen molar-refractivity contribution >= 4 is 34.6 Å². The summed E-state index contributed by atoms with van der Waals surface area (Å²) in [7, 11) is 0. The minimum Gasteiger partial charge on any atom is -0.453 e. The third-order valence-corrected chi connectivity index (χ3v) is 4.55. The van der Waals surface area contributed by atoms with Crippen molar-refractivity contribution in [3.63, 3.8) is 0 Å². The Morgan fingerprint density at radius 3 is 2.35 bits per heavy atom. The molecule has 3 aromatic rings. The van der Waals surface area contributed by atoms with Gasteiger partial charge in [-0.2, -0.15) is 0 Å². The lowest BCUT2D eigenvalue weighted by molar-refractivity contribution is 0.480. The number of rotatable bonds is 2. The molecule has 4 rings (SSSR count). The summed E-state index contributed by atoms with van der Waals surface area (Å²) in [6, 6.07) is 19.8. The minimum atomic E-state index is 0.574. The maximum Gasteiger partial charge on any atom is 0.151 e. The van der Waals surface area contributed by atoms with Crippen LogP contribution >= 0.6 is 23.2 Å². The molecule has 0 radical (unpaired) electrons. The van der Waals surface area contributed by atoms with Gasteiger partial charge in [-0.05, 0) is 53.9 Å². The predicted octanol–water partition coefficient (Wildman–Crippen LogP) is 6.43. The van der Waals surface area contributed by atoms with Crippen molar-refractivity contribution in [3.8, 4) is 11.5 Å². The van der Waals surface area contributed by atoms with Gasteiger partial charge >= 0.3 is 0 Å². The Labute approximate surface area is 144 Å². The molecule has 1 aliphatic heterocycles. The fourth-order valence-corrected chi connectivity index (χ4v) is 2.99. The molecular weight excluding hydrogens is 329 g/mol. The molecule has 1 N–H and O–H groups in total. The van der Waals surface area contributed by atoms with Crippen LogP contribution in [0.25, 0.3) is 0 Å². The highest BCUT2D eigenvalue weighted by Crippen LogP contribution is 2.42. The summed E-state index contributed by atoms with van der Waals surface area (Å²) >= 11 is 12.1. The van der Waals surface area contributed by atoms with Crippen LogP contribution in [0.15, 0.2) is 60.7 Å². The van der Waals surface area contributed by atoms with Gasteiger partial charge in [0.25, 0.3) is 0 Å². The van der Waals surface area contributed by atoms with E-state index in [1.807, 2.05) is 48.5 Å². The van der Waals surface area contributed by atoms with E-state index >= 15 is 0 Å². The van der Waals surface area contributed by atoms with Gasteiger partial charge in [0, 0.05) is 0 Å². The maximum absolute atomic E-state index is 6.08. The Balaban J connectivity index is 1.62. The van der Waals surface area contributed by atoms with Gasteiger partial charge in [-0.25, -0.2) is 0 Å². The molecule has 0 atom stereocenters. The quantitative estimate of drug-likeness (QED) is 0.453. The highest BCUT2D eigenvalue weighted by Gasteiger charge is 2.16. The van der Waals surface area contributed by atoms with E-state index < -0.39 is 0 Å². The van der Waals surface area contributed by atoms with Crippen LogP contribution in [0.5, 0.6) is 11.5 Å². The van der Waals surface area contributed by atoms with Crippen LogP contribution in [0, 0.1) is 0 Å². The second-order valence-electron chi connectivity index (χ2n) is 5.48. The summed E-state index contributed by atoms with van der Waals surface area (Å²) in [4.78, 5) is 0. The van der Waals surface area contributed by atoms with Crippen molar-refractivity contribution in [1.82, 2.24) is 0 Å². The molecule has 2 nitrogen and oxygen atoms in total. The Morgan fingerprint density at radius 1 is 0.739 bits per heavy atom. The molecule has 0 amide bonds. The number of halogens is 2. The maximum atomic E-state index is 6.08. The van der Waals surface area contributed by atoms with Crippen LogP contribution in [-0.4, -0.2) is 0 Å². The first-order chi connectivity index (χ1) is 11.2. The predicted molar refractivity (Wildman–Crippen MR) is 95.5 cm³/mol. The van der Waals surface area contributed by atoms with E-state index in [9.17, 15) is 0 Å². The van der Waals surface area contributed by atoms with Crippen LogP contribution < -0.4 is 10.1 Å². The smallest absolute Gasteiger partial charge is 0.151 e. The third-order valence-electron chi connectivity index (χ3n) is 3.81. The molecule has 1 aliphatic rings. The van der Waals surface area contributed by atoms with E-state index in [1.54, 1.807) is 0 Å². The Bertz CT molecular complexity index is 892. The summed E-state index contributed by atoms with van der Waals surface area (Å²) in [5.41, 5.74) is 4.23. The monoisotopic (exact) mass is 341 g/mol. The van der Waals surface area contributed by atoms with Gasteiger partial charge < -0.3 is 10.1 Å².